The van der Waals surface area contributed by atoms with E-state index in [9.17, 15) is 4.79 Å². The molecule has 0 radical (unpaired) electrons. The molecule has 1 unspecified atom stereocenters. The molecule has 1 heterocycles. The van der Waals surface area contributed by atoms with Gasteiger partial charge in [0.1, 0.15) is 0 Å². The summed E-state index contributed by atoms with van der Waals surface area (Å²) in [5, 5.41) is 4.67. The lowest BCUT2D eigenvalue weighted by atomic mass is 10.1. The smallest absolute Gasteiger partial charge is 0.222 e. The Balaban J connectivity index is 1.74. The summed E-state index contributed by atoms with van der Waals surface area (Å²) < 4.78 is 0. The van der Waals surface area contributed by atoms with Gasteiger partial charge in [0.05, 0.1) is 16.1 Å². The van der Waals surface area contributed by atoms with Gasteiger partial charge in [0.25, 0.3) is 0 Å². The van der Waals surface area contributed by atoms with E-state index in [1.165, 1.54) is 0 Å². The lowest BCUT2D eigenvalue weighted by Gasteiger charge is -2.25. The third-order valence-electron chi connectivity index (χ3n) is 4.35. The Hall–Kier alpha value is -1.55. The lowest BCUT2D eigenvalue weighted by Crippen LogP contribution is -2.35. The zero-order valence-electron chi connectivity index (χ0n) is 13.3. The van der Waals surface area contributed by atoms with Crippen LogP contribution in [0.25, 0.3) is 0 Å². The first kappa shape index (κ1) is 17.3. The Kier molecular flexibility index (Phi) is 5.77. The Morgan fingerprint density at radius 2 is 1.88 bits per heavy atom. The second-order valence-corrected chi connectivity index (χ2v) is 6.79. The molecule has 1 aliphatic heterocycles. The molecule has 1 aliphatic rings. The molecule has 5 heteroatoms. The zero-order valence-corrected chi connectivity index (χ0v) is 14.9. The summed E-state index contributed by atoms with van der Waals surface area (Å²) in [4.78, 5) is 13.9. The van der Waals surface area contributed by atoms with Crippen LogP contribution in [-0.4, -0.2) is 23.9 Å². The summed E-state index contributed by atoms with van der Waals surface area (Å²) in [7, 11) is 0. The van der Waals surface area contributed by atoms with Crippen molar-refractivity contribution in [2.75, 3.05) is 13.1 Å². The largest absolute Gasteiger partial charge is 0.341 e. The number of carbonyl (C=O) groups is 1. The monoisotopic (exact) mass is 362 g/mol. The van der Waals surface area contributed by atoms with Gasteiger partial charge in [0.2, 0.25) is 5.91 Å². The van der Waals surface area contributed by atoms with Crippen LogP contribution in [0.15, 0.2) is 48.5 Å². The van der Waals surface area contributed by atoms with E-state index >= 15 is 0 Å². The fourth-order valence-electron chi connectivity index (χ4n) is 3.01. The van der Waals surface area contributed by atoms with Crippen molar-refractivity contribution in [1.29, 1.82) is 0 Å². The van der Waals surface area contributed by atoms with E-state index in [1.54, 1.807) is 6.07 Å². The number of halogens is 2. The van der Waals surface area contributed by atoms with Crippen LogP contribution in [0, 0.1) is 0 Å². The summed E-state index contributed by atoms with van der Waals surface area (Å²) in [6.07, 6.45) is 1.60. The minimum atomic E-state index is 0.0586. The number of nitrogens with zero attached hydrogens (tertiary/aromatic N) is 1. The Bertz CT molecular complexity index is 706. The average Bonchev–Trinajstić information content (AvgIpc) is 3.00. The summed E-state index contributed by atoms with van der Waals surface area (Å²) in [5.74, 6) is 0.235. The van der Waals surface area contributed by atoms with E-state index in [-0.39, 0.29) is 11.9 Å². The molecule has 0 saturated carbocycles. The number of likely N-dealkylation sites (tertiary alicyclic amines) is 1. The van der Waals surface area contributed by atoms with Gasteiger partial charge in [0, 0.05) is 26.1 Å². The van der Waals surface area contributed by atoms with E-state index in [0.717, 1.165) is 24.1 Å². The number of carbonyl (C=O) groups excluding carboxylic acids is 1. The first-order chi connectivity index (χ1) is 11.6. The average molecular weight is 363 g/mol. The number of benzene rings is 2. The topological polar surface area (TPSA) is 32.3 Å². The molecule has 1 amide bonds. The van der Waals surface area contributed by atoms with Crippen LogP contribution in [-0.2, 0) is 11.3 Å². The van der Waals surface area contributed by atoms with Crippen molar-refractivity contribution in [2.24, 2.45) is 0 Å². The molecule has 3 rings (SSSR count). The van der Waals surface area contributed by atoms with Crippen LogP contribution in [0.5, 0.6) is 0 Å². The van der Waals surface area contributed by atoms with Crippen molar-refractivity contribution in [3.63, 3.8) is 0 Å². The first-order valence-corrected chi connectivity index (χ1v) is 8.90. The fraction of sp³-hybridized carbons (Fsp3) is 0.316. The van der Waals surface area contributed by atoms with Crippen molar-refractivity contribution in [1.82, 2.24) is 10.2 Å². The van der Waals surface area contributed by atoms with E-state index in [1.807, 2.05) is 35.2 Å². The highest BCUT2D eigenvalue weighted by Gasteiger charge is 2.24. The van der Waals surface area contributed by atoms with Crippen molar-refractivity contribution >= 4 is 29.1 Å². The van der Waals surface area contributed by atoms with Gasteiger partial charge in [-0.25, -0.2) is 0 Å². The highest BCUT2D eigenvalue weighted by Crippen LogP contribution is 2.26. The Labute approximate surface area is 152 Å². The molecule has 2 aromatic rings. The molecule has 0 bridgehead atoms. The predicted molar refractivity (Wildman–Crippen MR) is 98.3 cm³/mol. The van der Waals surface area contributed by atoms with E-state index in [0.29, 0.717) is 29.6 Å². The summed E-state index contributed by atoms with van der Waals surface area (Å²) >= 11 is 12.4. The molecule has 0 aliphatic carbocycles. The van der Waals surface area contributed by atoms with Gasteiger partial charge >= 0.3 is 0 Å². The second-order valence-electron chi connectivity index (χ2n) is 6.00. The van der Waals surface area contributed by atoms with Gasteiger partial charge in [-0.05, 0) is 23.6 Å². The van der Waals surface area contributed by atoms with Crippen molar-refractivity contribution < 1.29 is 4.79 Å². The first-order valence-electron chi connectivity index (χ1n) is 8.14. The molecule has 24 heavy (non-hydrogen) atoms. The third-order valence-corrected chi connectivity index (χ3v) is 5.20. The third kappa shape index (κ3) is 4.10. The van der Waals surface area contributed by atoms with Gasteiger partial charge in [0.15, 0.2) is 0 Å². The normalized spacial score (nSPS) is 15.8. The molecular formula is C19H20Cl2N2O. The van der Waals surface area contributed by atoms with Crippen LogP contribution in [0.2, 0.25) is 10.0 Å². The number of nitrogens with one attached hydrogen (secondary N) is 1. The summed E-state index contributed by atoms with van der Waals surface area (Å²) in [5.41, 5.74) is 2.12. The van der Waals surface area contributed by atoms with Crippen LogP contribution >= 0.6 is 23.2 Å². The number of hydrogen-bond acceptors (Lipinski definition) is 2. The maximum atomic E-state index is 12.0. The molecule has 1 fully saturated rings. The molecule has 126 valence electrons. The lowest BCUT2D eigenvalue weighted by molar-refractivity contribution is -0.128. The minimum Gasteiger partial charge on any atom is -0.341 e. The minimum absolute atomic E-state index is 0.0586. The van der Waals surface area contributed by atoms with Gasteiger partial charge in [-0.3, -0.25) is 4.79 Å². The molecule has 2 aromatic carbocycles. The maximum Gasteiger partial charge on any atom is 0.222 e. The molecule has 0 aromatic heterocycles. The van der Waals surface area contributed by atoms with E-state index < -0.39 is 0 Å². The number of rotatable bonds is 6. The molecule has 0 spiro atoms. The van der Waals surface area contributed by atoms with Crippen LogP contribution in [0.4, 0.5) is 0 Å². The molecule has 3 nitrogen and oxygen atoms in total. The molecule has 1 N–H and O–H groups in total. The van der Waals surface area contributed by atoms with E-state index in [2.05, 4.69) is 17.4 Å². The predicted octanol–water partition coefficient (Wildman–Crippen LogP) is 4.45. The highest BCUT2D eigenvalue weighted by molar-refractivity contribution is 6.42. The fourth-order valence-corrected chi connectivity index (χ4v) is 3.40. The zero-order chi connectivity index (χ0) is 16.9. The van der Waals surface area contributed by atoms with Crippen molar-refractivity contribution in [3.05, 3.63) is 69.7 Å². The van der Waals surface area contributed by atoms with Gasteiger partial charge in [-0.15, -0.1) is 0 Å². The summed E-state index contributed by atoms with van der Waals surface area (Å²) in [6.45, 7) is 2.10. The SMILES string of the molecule is O=C1CCCN1CC(NCc1cccc(Cl)c1Cl)c1ccccc1. The van der Waals surface area contributed by atoms with Crippen LogP contribution in [0.1, 0.15) is 30.0 Å². The summed E-state index contributed by atoms with van der Waals surface area (Å²) in [6, 6.07) is 15.9. The number of amides is 1. The van der Waals surface area contributed by atoms with Crippen molar-refractivity contribution in [2.45, 2.75) is 25.4 Å². The van der Waals surface area contributed by atoms with E-state index in [4.69, 9.17) is 23.2 Å². The van der Waals surface area contributed by atoms with Crippen LogP contribution < -0.4 is 5.32 Å². The molecular weight excluding hydrogens is 343 g/mol. The Morgan fingerprint density at radius 1 is 1.08 bits per heavy atom. The quantitative estimate of drug-likeness (QED) is 0.823. The van der Waals surface area contributed by atoms with Gasteiger partial charge < -0.3 is 10.2 Å². The molecule has 1 atom stereocenters. The maximum absolute atomic E-state index is 12.0. The van der Waals surface area contributed by atoms with Crippen molar-refractivity contribution in [3.8, 4) is 0 Å². The van der Waals surface area contributed by atoms with Gasteiger partial charge in [-0.1, -0.05) is 65.7 Å². The Morgan fingerprint density at radius 3 is 2.58 bits per heavy atom. The standard InChI is InChI=1S/C19H20Cl2N2O/c20-16-9-4-8-15(19(16)21)12-22-17(14-6-2-1-3-7-14)13-23-11-5-10-18(23)24/h1-4,6-9,17,22H,5,10-13H2. The second kappa shape index (κ2) is 8.02. The number of hydrogen-bond donors (Lipinski definition) is 1. The highest BCUT2D eigenvalue weighted by atomic mass is 35.5. The van der Waals surface area contributed by atoms with Crippen LogP contribution in [0.3, 0.4) is 0 Å². The molecule has 1 saturated heterocycles. The van der Waals surface area contributed by atoms with Gasteiger partial charge in [-0.2, -0.15) is 0 Å².